The summed E-state index contributed by atoms with van der Waals surface area (Å²) in [5, 5.41) is 7.64. The fraction of sp³-hybridized carbons (Fsp3) is 0.609. The van der Waals surface area contributed by atoms with Crippen LogP contribution in [0.5, 0.6) is 0 Å². The molecule has 1 saturated heterocycles. The summed E-state index contributed by atoms with van der Waals surface area (Å²) in [6, 6.07) is 4.43. The number of benzene rings is 1. The van der Waals surface area contributed by atoms with Gasteiger partial charge in [-0.2, -0.15) is 0 Å². The van der Waals surface area contributed by atoms with Crippen molar-refractivity contribution in [2.45, 2.75) is 44.6 Å². The maximum Gasteiger partial charge on any atom is 0.480 e. The van der Waals surface area contributed by atoms with E-state index in [9.17, 15) is 23.5 Å². The Hall–Kier alpha value is -1.55. The minimum absolute atomic E-state index is 0.143. The monoisotopic (exact) mass is 688 g/mol. The van der Waals surface area contributed by atoms with Crippen molar-refractivity contribution in [2.24, 2.45) is 5.92 Å². The van der Waals surface area contributed by atoms with Gasteiger partial charge < -0.3 is 44.8 Å². The van der Waals surface area contributed by atoms with Crippen LogP contribution in [0.1, 0.15) is 43.5 Å². The second-order valence-electron chi connectivity index (χ2n) is 10.3. The highest BCUT2D eigenvalue weighted by Crippen LogP contribution is 2.58. The molecule has 0 spiro atoms. The lowest BCUT2D eigenvalue weighted by Gasteiger charge is -2.31. The Balaban J connectivity index is 1.84. The van der Waals surface area contributed by atoms with E-state index in [1.165, 1.54) is 12.1 Å². The van der Waals surface area contributed by atoms with Crippen molar-refractivity contribution in [3.63, 3.8) is 0 Å². The summed E-state index contributed by atoms with van der Waals surface area (Å²) in [5.41, 5.74) is -2.45. The average molecular weight is 689 g/mol. The molecule has 1 atom stereocenters. The lowest BCUT2D eigenvalue weighted by atomic mass is 9.73. The molecular weight excluding hydrogens is 652 g/mol. The third-order valence-electron chi connectivity index (χ3n) is 6.17. The lowest BCUT2D eigenvalue weighted by molar-refractivity contribution is -0.121. The summed E-state index contributed by atoms with van der Waals surface area (Å²) >= 11 is 12.0. The second-order valence-corrected chi connectivity index (χ2v) is 14.9. The Morgan fingerprint density at radius 2 is 1.60 bits per heavy atom. The van der Waals surface area contributed by atoms with Crippen molar-refractivity contribution in [3.05, 3.63) is 33.8 Å². The first-order chi connectivity index (χ1) is 20.0. The van der Waals surface area contributed by atoms with Crippen LogP contribution in [0.4, 0.5) is 0 Å². The van der Waals surface area contributed by atoms with Gasteiger partial charge in [-0.05, 0) is 43.5 Å². The minimum atomic E-state index is -5.27. The van der Waals surface area contributed by atoms with E-state index in [2.05, 4.69) is 10.6 Å². The van der Waals surface area contributed by atoms with E-state index in [4.69, 9.17) is 52.1 Å². The van der Waals surface area contributed by atoms with Crippen LogP contribution in [0.15, 0.2) is 18.2 Å². The van der Waals surface area contributed by atoms with Crippen molar-refractivity contribution in [3.8, 4) is 0 Å². The minimum Gasteiger partial charge on any atom is -0.408 e. The van der Waals surface area contributed by atoms with Crippen LogP contribution in [-0.2, 0) is 28.0 Å². The van der Waals surface area contributed by atoms with Crippen LogP contribution in [0, 0.1) is 5.92 Å². The number of hydrogen-bond donors (Lipinski definition) is 7. The Kier molecular flexibility index (Phi) is 15.1. The van der Waals surface area contributed by atoms with Crippen LogP contribution in [0.25, 0.3) is 0 Å². The zero-order chi connectivity index (χ0) is 32.4. The van der Waals surface area contributed by atoms with Crippen molar-refractivity contribution in [1.29, 1.82) is 0 Å². The topological polar surface area (TPSA) is 224 Å². The molecule has 1 aliphatic heterocycles. The van der Waals surface area contributed by atoms with Crippen LogP contribution in [0.3, 0.4) is 0 Å². The van der Waals surface area contributed by atoms with Gasteiger partial charge in [0.2, 0.25) is 17.3 Å². The highest BCUT2D eigenvalue weighted by Gasteiger charge is 2.44. The van der Waals surface area contributed by atoms with Gasteiger partial charge in [0.1, 0.15) is 0 Å². The summed E-state index contributed by atoms with van der Waals surface area (Å²) in [6.07, 6.45) is 0.551. The number of amides is 3. The fourth-order valence-corrected chi connectivity index (χ4v) is 6.75. The van der Waals surface area contributed by atoms with Gasteiger partial charge in [0.05, 0.1) is 23.1 Å². The summed E-state index contributed by atoms with van der Waals surface area (Å²) < 4.78 is 34.5. The van der Waals surface area contributed by atoms with Gasteiger partial charge in [-0.3, -0.25) is 28.4 Å². The van der Waals surface area contributed by atoms with Gasteiger partial charge in [-0.1, -0.05) is 37.0 Å². The second kappa shape index (κ2) is 17.2. The molecule has 2 rings (SSSR count). The number of carbonyl (C=O) groups is 3. The molecular formula is C23H37BCl2N4O11P2. The molecule has 0 aromatic heterocycles. The molecule has 0 radical (unpaired) electrons. The van der Waals surface area contributed by atoms with E-state index in [1.807, 2.05) is 18.7 Å². The van der Waals surface area contributed by atoms with Crippen LogP contribution in [0.2, 0.25) is 10.0 Å². The van der Waals surface area contributed by atoms with Crippen LogP contribution < -0.4 is 16.0 Å². The molecule has 1 heterocycles. The summed E-state index contributed by atoms with van der Waals surface area (Å²) in [4.78, 5) is 75.7. The number of nitrogens with zero attached hydrogens (tertiary/aromatic N) is 1. The molecule has 3 amide bonds. The van der Waals surface area contributed by atoms with Gasteiger partial charge in [-0.15, -0.1) is 0 Å². The van der Waals surface area contributed by atoms with Gasteiger partial charge in [0.25, 0.3) is 5.91 Å². The summed E-state index contributed by atoms with van der Waals surface area (Å²) in [6.45, 7) is 5.38. The number of hydrogen-bond acceptors (Lipinski definition) is 8. The third-order valence-corrected chi connectivity index (χ3v) is 10.1. The lowest BCUT2D eigenvalue weighted by Crippen LogP contribution is -2.54. The van der Waals surface area contributed by atoms with Crippen LogP contribution in [-0.4, -0.2) is 100 Å². The largest absolute Gasteiger partial charge is 0.480 e. The standard InChI is InChI=1S/C23H37BCl2N4O11P2/c1-15(2)12-19(28-21(32)14-27-22(33)17-13-16(25)5-6-18(17)26)24-40-10-8-30(9-11-41-24)7-3-4-20(31)29-23(42(34,35)36)43(37,38)39/h5-6,13,15,19,23H,3-4,7-12,14H2,1-2H3,(H,27,33)(H,28,32)(H,29,31)(H2,34,35,36)(H2,37,38,39)/t19-/m1/s1. The summed E-state index contributed by atoms with van der Waals surface area (Å²) in [5.74, 6) is -2.24. The van der Waals surface area contributed by atoms with E-state index in [1.54, 1.807) is 11.4 Å². The normalized spacial score (nSPS) is 16.0. The quantitative estimate of drug-likeness (QED) is 0.108. The smallest absolute Gasteiger partial charge is 0.408 e. The summed E-state index contributed by atoms with van der Waals surface area (Å²) in [7, 11) is -11.3. The Labute approximate surface area is 259 Å². The first-order valence-corrected chi connectivity index (χ1v) is 17.5. The predicted octanol–water partition coefficient (Wildman–Crippen LogP) is 1.17. The number of rotatable bonds is 14. The SMILES string of the molecule is CC(C)C[C@@H](NC(=O)CNC(=O)c1cc(Cl)ccc1Cl)B1OCCN(CCCC(=O)NC(P(=O)(O)O)P(=O)(O)O)CCO1. The molecule has 0 unspecified atom stereocenters. The predicted molar refractivity (Wildman–Crippen MR) is 160 cm³/mol. The molecule has 242 valence electrons. The third kappa shape index (κ3) is 13.5. The highest BCUT2D eigenvalue weighted by molar-refractivity contribution is 7.70. The zero-order valence-electron chi connectivity index (χ0n) is 23.6. The fourth-order valence-electron chi connectivity index (χ4n) is 4.19. The highest BCUT2D eigenvalue weighted by atomic mass is 35.5. The zero-order valence-corrected chi connectivity index (χ0v) is 27.0. The van der Waals surface area contributed by atoms with Gasteiger partial charge in [-0.25, -0.2) is 0 Å². The molecule has 20 heteroatoms. The number of halogens is 2. The average Bonchev–Trinajstić information content (AvgIpc) is 2.86. The van der Waals surface area contributed by atoms with Crippen molar-refractivity contribution in [1.82, 2.24) is 20.9 Å². The Morgan fingerprint density at radius 3 is 2.16 bits per heavy atom. The molecule has 0 bridgehead atoms. The molecule has 1 aromatic carbocycles. The van der Waals surface area contributed by atoms with E-state index in [0.717, 1.165) is 0 Å². The Bertz CT molecular complexity index is 1190. The first kappa shape index (κ1) is 37.6. The number of nitrogens with one attached hydrogen (secondary N) is 3. The molecule has 1 fully saturated rings. The molecule has 7 N–H and O–H groups in total. The van der Waals surface area contributed by atoms with Gasteiger partial charge >= 0.3 is 22.3 Å². The van der Waals surface area contributed by atoms with E-state index in [0.29, 0.717) is 31.1 Å². The molecule has 0 aliphatic carbocycles. The van der Waals surface area contributed by atoms with E-state index in [-0.39, 0.29) is 49.1 Å². The van der Waals surface area contributed by atoms with Gasteiger partial charge in [0, 0.05) is 37.7 Å². The Morgan fingerprint density at radius 1 is 1.00 bits per heavy atom. The van der Waals surface area contributed by atoms with Crippen LogP contribution >= 0.6 is 38.4 Å². The first-order valence-electron chi connectivity index (χ1n) is 13.3. The van der Waals surface area contributed by atoms with Crippen molar-refractivity contribution < 1.29 is 52.4 Å². The molecule has 15 nitrogen and oxygen atoms in total. The van der Waals surface area contributed by atoms with E-state index < -0.39 is 51.5 Å². The van der Waals surface area contributed by atoms with Crippen molar-refractivity contribution in [2.75, 3.05) is 39.4 Å². The maximum absolute atomic E-state index is 12.7. The molecule has 43 heavy (non-hydrogen) atoms. The van der Waals surface area contributed by atoms with E-state index >= 15 is 0 Å². The molecule has 0 saturated carbocycles. The maximum atomic E-state index is 12.7. The van der Waals surface area contributed by atoms with Crippen molar-refractivity contribution >= 4 is 63.2 Å². The molecule has 1 aliphatic rings. The number of carbonyl (C=O) groups excluding carboxylic acids is 3. The molecule has 1 aromatic rings. The van der Waals surface area contributed by atoms with Gasteiger partial charge in [0.15, 0.2) is 0 Å².